The zero-order valence-corrected chi connectivity index (χ0v) is 16.0. The first-order chi connectivity index (χ1) is 13.4. The van der Waals surface area contributed by atoms with Crippen molar-refractivity contribution in [3.05, 3.63) is 88.9 Å². The summed E-state index contributed by atoms with van der Waals surface area (Å²) in [5.74, 6) is 0. The van der Waals surface area contributed by atoms with Crippen molar-refractivity contribution in [2.24, 2.45) is 0 Å². The minimum absolute atomic E-state index is 0.992. The highest BCUT2D eigenvalue weighted by atomic mass is 32.1. The Morgan fingerprint density at radius 3 is 2.52 bits per heavy atom. The lowest BCUT2D eigenvalue weighted by Gasteiger charge is -1.99. The third kappa shape index (κ3) is 3.23. The largest absolute Gasteiger partial charge is 0.240 e. The van der Waals surface area contributed by atoms with Crippen molar-refractivity contribution in [1.82, 2.24) is 14.8 Å². The second kappa shape index (κ2) is 6.95. The summed E-state index contributed by atoms with van der Waals surface area (Å²) >= 11 is 3.40. The molecule has 0 unspecified atom stereocenters. The molecule has 0 bridgehead atoms. The number of hydrogen-bond acceptors (Lipinski definition) is 4. The highest BCUT2D eigenvalue weighted by Gasteiger charge is 2.11. The van der Waals surface area contributed by atoms with Gasteiger partial charge in [0.25, 0.3) is 0 Å². The molecule has 0 N–H and O–H groups in total. The maximum atomic E-state index is 4.84. The van der Waals surface area contributed by atoms with E-state index in [9.17, 15) is 0 Å². The molecule has 5 heteroatoms. The van der Waals surface area contributed by atoms with Crippen LogP contribution in [0.1, 0.15) is 10.6 Å². The van der Waals surface area contributed by atoms with E-state index in [2.05, 4.69) is 54.1 Å². The molecular formula is C22H15N3S2. The topological polar surface area (TPSA) is 30.7 Å². The molecule has 3 nitrogen and oxygen atoms in total. The van der Waals surface area contributed by atoms with Crippen LogP contribution in [-0.4, -0.2) is 14.8 Å². The fraction of sp³-hybridized carbons (Fsp3) is 0. The predicted molar refractivity (Wildman–Crippen MR) is 115 cm³/mol. The molecule has 0 radical (unpaired) electrons. The number of thiazole rings is 1. The van der Waals surface area contributed by atoms with Crippen LogP contribution in [0.5, 0.6) is 0 Å². The fourth-order valence-electron chi connectivity index (χ4n) is 2.95. The second-order valence-electron chi connectivity index (χ2n) is 6.04. The van der Waals surface area contributed by atoms with Gasteiger partial charge >= 0.3 is 0 Å². The van der Waals surface area contributed by atoms with Crippen molar-refractivity contribution in [1.29, 1.82) is 0 Å². The van der Waals surface area contributed by atoms with Gasteiger partial charge in [-0.25, -0.2) is 9.67 Å². The SMILES string of the molecule is C(=Cc1cn(-c2ccccc2)nc1-c1cccs1)c1nc2ccccc2s1. The number of para-hydroxylation sites is 2. The molecule has 0 saturated carbocycles. The number of hydrogen-bond donors (Lipinski definition) is 0. The predicted octanol–water partition coefficient (Wildman–Crippen LogP) is 6.38. The van der Waals surface area contributed by atoms with Crippen molar-refractivity contribution in [3.63, 3.8) is 0 Å². The molecule has 0 amide bonds. The molecule has 0 aliphatic heterocycles. The van der Waals surface area contributed by atoms with Crippen molar-refractivity contribution < 1.29 is 0 Å². The lowest BCUT2D eigenvalue weighted by Crippen LogP contribution is -1.93. The van der Waals surface area contributed by atoms with Gasteiger partial charge in [-0.05, 0) is 47.9 Å². The van der Waals surface area contributed by atoms with E-state index < -0.39 is 0 Å². The summed E-state index contributed by atoms with van der Waals surface area (Å²) in [5, 5.41) is 7.92. The van der Waals surface area contributed by atoms with Crippen LogP contribution >= 0.6 is 22.7 Å². The molecule has 0 aliphatic rings. The molecule has 3 aromatic heterocycles. The van der Waals surface area contributed by atoms with Crippen LogP contribution in [0, 0.1) is 0 Å². The van der Waals surface area contributed by atoms with Gasteiger partial charge in [0.05, 0.1) is 20.8 Å². The van der Waals surface area contributed by atoms with E-state index in [0.717, 1.165) is 32.3 Å². The third-order valence-corrected chi connectivity index (χ3v) is 6.11. The minimum atomic E-state index is 0.992. The molecule has 2 aromatic carbocycles. The number of aromatic nitrogens is 3. The summed E-state index contributed by atoms with van der Waals surface area (Å²) in [6.45, 7) is 0. The Kier molecular flexibility index (Phi) is 4.16. The average molecular weight is 386 g/mol. The second-order valence-corrected chi connectivity index (χ2v) is 8.05. The van der Waals surface area contributed by atoms with Crippen molar-refractivity contribution in [3.8, 4) is 16.3 Å². The Labute approximate surface area is 164 Å². The molecule has 27 heavy (non-hydrogen) atoms. The van der Waals surface area contributed by atoms with Gasteiger partial charge in [-0.3, -0.25) is 0 Å². The minimum Gasteiger partial charge on any atom is -0.240 e. The van der Waals surface area contributed by atoms with E-state index in [1.165, 1.54) is 4.70 Å². The van der Waals surface area contributed by atoms with Gasteiger partial charge in [-0.15, -0.1) is 22.7 Å². The lowest BCUT2D eigenvalue weighted by molar-refractivity contribution is 0.885. The molecule has 0 atom stereocenters. The quantitative estimate of drug-likeness (QED) is 0.359. The zero-order chi connectivity index (χ0) is 18.1. The highest BCUT2D eigenvalue weighted by molar-refractivity contribution is 7.19. The summed E-state index contributed by atoms with van der Waals surface area (Å²) in [5.41, 5.74) is 4.17. The van der Waals surface area contributed by atoms with Gasteiger partial charge < -0.3 is 0 Å². The molecule has 3 heterocycles. The molecular weight excluding hydrogens is 370 g/mol. The maximum Gasteiger partial charge on any atom is 0.117 e. The number of nitrogens with zero attached hydrogens (tertiary/aromatic N) is 3. The van der Waals surface area contributed by atoms with Crippen molar-refractivity contribution in [2.75, 3.05) is 0 Å². The third-order valence-electron chi connectivity index (χ3n) is 4.23. The average Bonchev–Trinajstić information content (AvgIpc) is 3.45. The smallest absolute Gasteiger partial charge is 0.117 e. The summed E-state index contributed by atoms with van der Waals surface area (Å²) in [6.07, 6.45) is 6.27. The molecule has 130 valence electrons. The molecule has 0 spiro atoms. The van der Waals surface area contributed by atoms with Gasteiger partial charge in [-0.2, -0.15) is 5.10 Å². The first-order valence-corrected chi connectivity index (χ1v) is 10.3. The van der Waals surface area contributed by atoms with Gasteiger partial charge in [0, 0.05) is 11.8 Å². The molecule has 0 saturated heterocycles. The van der Waals surface area contributed by atoms with Crippen molar-refractivity contribution in [2.45, 2.75) is 0 Å². The summed E-state index contributed by atoms with van der Waals surface area (Å²) in [6, 6.07) is 22.6. The Morgan fingerprint density at radius 1 is 0.852 bits per heavy atom. The van der Waals surface area contributed by atoms with Crippen LogP contribution in [0.25, 0.3) is 38.6 Å². The van der Waals surface area contributed by atoms with E-state index >= 15 is 0 Å². The van der Waals surface area contributed by atoms with Crippen molar-refractivity contribution >= 4 is 45.0 Å². The van der Waals surface area contributed by atoms with Crippen LogP contribution in [0.15, 0.2) is 78.3 Å². The Balaban J connectivity index is 1.56. The van der Waals surface area contributed by atoms with Gasteiger partial charge in [0.15, 0.2) is 0 Å². The number of rotatable bonds is 4. The summed E-state index contributed by atoms with van der Waals surface area (Å²) in [4.78, 5) is 5.85. The van der Waals surface area contributed by atoms with E-state index in [1.807, 2.05) is 41.1 Å². The van der Waals surface area contributed by atoms with E-state index in [4.69, 9.17) is 10.1 Å². The highest BCUT2D eigenvalue weighted by Crippen LogP contribution is 2.30. The van der Waals surface area contributed by atoms with Crippen LogP contribution in [0.4, 0.5) is 0 Å². The van der Waals surface area contributed by atoms with Crippen LogP contribution < -0.4 is 0 Å². The first kappa shape index (κ1) is 16.2. The normalized spacial score (nSPS) is 11.6. The van der Waals surface area contributed by atoms with Crippen LogP contribution in [0.3, 0.4) is 0 Å². The standard InChI is InChI=1S/C22H15N3S2/c1-2-7-17(8-3-1)25-15-16(22(24-25)20-11-6-14-26-20)12-13-21-23-18-9-4-5-10-19(18)27-21/h1-15H. The van der Waals surface area contributed by atoms with E-state index in [0.29, 0.717) is 0 Å². The Bertz CT molecular complexity index is 1180. The van der Waals surface area contributed by atoms with E-state index in [-0.39, 0.29) is 0 Å². The molecule has 0 aliphatic carbocycles. The lowest BCUT2D eigenvalue weighted by atomic mass is 10.2. The number of thiophene rings is 1. The van der Waals surface area contributed by atoms with Gasteiger partial charge in [0.2, 0.25) is 0 Å². The number of benzene rings is 2. The Morgan fingerprint density at radius 2 is 1.70 bits per heavy atom. The van der Waals surface area contributed by atoms with Crippen LogP contribution in [-0.2, 0) is 0 Å². The Hall–Kier alpha value is -3.02. The monoisotopic (exact) mass is 385 g/mol. The summed E-state index contributed by atoms with van der Waals surface area (Å²) < 4.78 is 3.14. The maximum absolute atomic E-state index is 4.84. The van der Waals surface area contributed by atoms with Crippen LogP contribution in [0.2, 0.25) is 0 Å². The van der Waals surface area contributed by atoms with E-state index in [1.54, 1.807) is 22.7 Å². The fourth-order valence-corrected chi connectivity index (χ4v) is 4.55. The first-order valence-electron chi connectivity index (χ1n) is 8.59. The molecule has 5 rings (SSSR count). The number of fused-ring (bicyclic) bond motifs is 1. The molecule has 0 fully saturated rings. The molecule has 5 aromatic rings. The zero-order valence-electron chi connectivity index (χ0n) is 14.3. The van der Waals surface area contributed by atoms with Gasteiger partial charge in [0.1, 0.15) is 10.7 Å². The van der Waals surface area contributed by atoms with Gasteiger partial charge in [-0.1, -0.05) is 36.4 Å². The summed E-state index contributed by atoms with van der Waals surface area (Å²) in [7, 11) is 0.